The SMILES string of the molecule is CCOC(=O)C1=Cc2sc(Br)cc2N=C(N)C1. The Labute approximate surface area is 111 Å². The Morgan fingerprint density at radius 2 is 2.47 bits per heavy atom. The minimum atomic E-state index is -0.331. The first-order valence-corrected chi connectivity index (χ1v) is 6.71. The average molecular weight is 315 g/mol. The van der Waals surface area contributed by atoms with Crippen LogP contribution in [0.1, 0.15) is 18.2 Å². The van der Waals surface area contributed by atoms with Crippen LogP contribution < -0.4 is 5.73 Å². The number of thiophene rings is 1. The van der Waals surface area contributed by atoms with Crippen LogP contribution in [-0.4, -0.2) is 18.4 Å². The summed E-state index contributed by atoms with van der Waals surface area (Å²) in [4.78, 5) is 16.9. The van der Waals surface area contributed by atoms with Crippen LogP contribution >= 0.6 is 27.3 Å². The summed E-state index contributed by atoms with van der Waals surface area (Å²) < 4.78 is 5.94. The lowest BCUT2D eigenvalue weighted by Gasteiger charge is -2.04. The molecule has 6 heteroatoms. The number of nitrogens with two attached hydrogens (primary N) is 1. The summed E-state index contributed by atoms with van der Waals surface area (Å²) in [7, 11) is 0. The van der Waals surface area contributed by atoms with Gasteiger partial charge in [-0.3, -0.25) is 0 Å². The van der Waals surface area contributed by atoms with Gasteiger partial charge in [-0.15, -0.1) is 11.3 Å². The fraction of sp³-hybridized carbons (Fsp3) is 0.273. The third-order valence-electron chi connectivity index (χ3n) is 2.19. The third kappa shape index (κ3) is 2.76. The second kappa shape index (κ2) is 5.01. The van der Waals surface area contributed by atoms with Gasteiger partial charge < -0.3 is 10.5 Å². The molecule has 2 N–H and O–H groups in total. The summed E-state index contributed by atoms with van der Waals surface area (Å²) in [5.41, 5.74) is 7.11. The van der Waals surface area contributed by atoms with Crippen molar-refractivity contribution in [3.63, 3.8) is 0 Å². The van der Waals surface area contributed by atoms with Gasteiger partial charge in [0.15, 0.2) is 0 Å². The van der Waals surface area contributed by atoms with Crippen molar-refractivity contribution in [2.24, 2.45) is 10.7 Å². The number of rotatable bonds is 2. The molecule has 1 aromatic rings. The van der Waals surface area contributed by atoms with Crippen LogP contribution in [0.3, 0.4) is 0 Å². The first-order valence-electron chi connectivity index (χ1n) is 5.10. The summed E-state index contributed by atoms with van der Waals surface area (Å²) in [5.74, 6) is 0.0939. The fourth-order valence-electron chi connectivity index (χ4n) is 1.51. The number of carbonyl (C=O) groups excluding carboxylic acids is 1. The maximum Gasteiger partial charge on any atom is 0.334 e. The molecule has 0 aliphatic carbocycles. The quantitative estimate of drug-likeness (QED) is 0.854. The van der Waals surface area contributed by atoms with Crippen molar-refractivity contribution >= 4 is 50.8 Å². The van der Waals surface area contributed by atoms with E-state index in [0.717, 1.165) is 14.4 Å². The highest BCUT2D eigenvalue weighted by Crippen LogP contribution is 2.37. The molecule has 0 atom stereocenters. The summed E-state index contributed by atoms with van der Waals surface area (Å²) in [6.07, 6.45) is 2.13. The van der Waals surface area contributed by atoms with Gasteiger partial charge in [0.2, 0.25) is 0 Å². The standard InChI is InChI=1S/C11H11BrN2O2S/c1-2-16-11(15)6-3-8-7(5-9(12)17-8)14-10(13)4-6/h3,5H,2,4H2,1H3,(H2,13,14). The molecule has 0 spiro atoms. The largest absolute Gasteiger partial charge is 0.463 e. The lowest BCUT2D eigenvalue weighted by atomic mass is 10.1. The average Bonchev–Trinajstić information content (AvgIpc) is 2.50. The molecule has 17 heavy (non-hydrogen) atoms. The summed E-state index contributed by atoms with van der Waals surface area (Å²) in [5, 5.41) is 0. The van der Waals surface area contributed by atoms with Crippen molar-refractivity contribution in [3.05, 3.63) is 20.3 Å². The predicted molar refractivity (Wildman–Crippen MR) is 72.5 cm³/mol. The number of hydrogen-bond acceptors (Lipinski definition) is 5. The van der Waals surface area contributed by atoms with Crippen molar-refractivity contribution < 1.29 is 9.53 Å². The number of halogens is 1. The van der Waals surface area contributed by atoms with Gasteiger partial charge in [-0.25, -0.2) is 9.79 Å². The van der Waals surface area contributed by atoms with Gasteiger partial charge in [0.1, 0.15) is 5.84 Å². The van der Waals surface area contributed by atoms with Crippen molar-refractivity contribution in [1.82, 2.24) is 0 Å². The maximum atomic E-state index is 11.7. The Hall–Kier alpha value is -1.14. The van der Waals surface area contributed by atoms with Gasteiger partial charge >= 0.3 is 5.97 Å². The minimum absolute atomic E-state index is 0.331. The maximum absolute atomic E-state index is 11.7. The van der Waals surface area contributed by atoms with Gasteiger partial charge in [-0.05, 0) is 35.0 Å². The van der Waals surface area contributed by atoms with Crippen molar-refractivity contribution in [3.8, 4) is 0 Å². The van der Waals surface area contributed by atoms with Crippen LogP contribution in [0.25, 0.3) is 6.08 Å². The van der Waals surface area contributed by atoms with Crippen LogP contribution in [0.2, 0.25) is 0 Å². The van der Waals surface area contributed by atoms with Crippen LogP contribution in [0.4, 0.5) is 5.69 Å². The van der Waals surface area contributed by atoms with Gasteiger partial charge in [0.05, 0.1) is 21.0 Å². The third-order valence-corrected chi connectivity index (χ3v) is 3.76. The van der Waals surface area contributed by atoms with E-state index in [1.54, 1.807) is 13.0 Å². The number of ether oxygens (including phenoxy) is 1. The molecule has 0 unspecified atom stereocenters. The Morgan fingerprint density at radius 3 is 3.18 bits per heavy atom. The second-order valence-corrected chi connectivity index (χ2v) is 5.93. The van der Waals surface area contributed by atoms with Crippen molar-refractivity contribution in [2.45, 2.75) is 13.3 Å². The molecule has 0 radical (unpaired) electrons. The number of fused-ring (bicyclic) bond motifs is 1. The topological polar surface area (TPSA) is 64.7 Å². The van der Waals surface area contributed by atoms with E-state index in [9.17, 15) is 4.79 Å². The van der Waals surface area contributed by atoms with Crippen LogP contribution in [0, 0.1) is 0 Å². The zero-order chi connectivity index (χ0) is 12.4. The zero-order valence-corrected chi connectivity index (χ0v) is 11.6. The number of carbonyl (C=O) groups is 1. The molecule has 2 rings (SSSR count). The van der Waals surface area contributed by atoms with E-state index in [-0.39, 0.29) is 5.97 Å². The molecule has 0 aromatic carbocycles. The molecule has 0 amide bonds. The minimum Gasteiger partial charge on any atom is -0.463 e. The Morgan fingerprint density at radius 1 is 1.71 bits per heavy atom. The van der Waals surface area contributed by atoms with Crippen LogP contribution in [0.5, 0.6) is 0 Å². The van der Waals surface area contributed by atoms with E-state index < -0.39 is 0 Å². The lowest BCUT2D eigenvalue weighted by molar-refractivity contribution is -0.138. The van der Waals surface area contributed by atoms with Gasteiger partial charge in [0, 0.05) is 12.0 Å². The summed E-state index contributed by atoms with van der Waals surface area (Å²) >= 11 is 4.90. The normalized spacial score (nSPS) is 14.5. The predicted octanol–water partition coefficient (Wildman–Crippen LogP) is 2.85. The highest BCUT2D eigenvalue weighted by Gasteiger charge is 2.18. The molecule has 1 aromatic heterocycles. The molecule has 0 bridgehead atoms. The van der Waals surface area contributed by atoms with E-state index >= 15 is 0 Å². The lowest BCUT2D eigenvalue weighted by Crippen LogP contribution is -2.16. The van der Waals surface area contributed by atoms with Crippen LogP contribution in [0.15, 0.2) is 20.4 Å². The van der Waals surface area contributed by atoms with Gasteiger partial charge in [0.25, 0.3) is 0 Å². The van der Waals surface area contributed by atoms with E-state index in [4.69, 9.17) is 10.5 Å². The van der Waals surface area contributed by atoms with Crippen molar-refractivity contribution in [2.75, 3.05) is 6.61 Å². The highest BCUT2D eigenvalue weighted by molar-refractivity contribution is 9.11. The number of nitrogens with zero attached hydrogens (tertiary/aromatic N) is 1. The Balaban J connectivity index is 2.40. The number of hydrogen-bond donors (Lipinski definition) is 1. The van der Waals surface area contributed by atoms with E-state index in [1.165, 1.54) is 11.3 Å². The molecule has 1 aliphatic rings. The highest BCUT2D eigenvalue weighted by atomic mass is 79.9. The number of esters is 1. The second-order valence-electron chi connectivity index (χ2n) is 3.47. The van der Waals surface area contributed by atoms with E-state index in [1.807, 2.05) is 6.07 Å². The fourth-order valence-corrected chi connectivity index (χ4v) is 3.04. The van der Waals surface area contributed by atoms with Gasteiger partial charge in [-0.2, -0.15) is 0 Å². The van der Waals surface area contributed by atoms with E-state index in [2.05, 4.69) is 20.9 Å². The molecule has 90 valence electrons. The zero-order valence-electron chi connectivity index (χ0n) is 9.20. The molecule has 2 heterocycles. The molecule has 0 fully saturated rings. The monoisotopic (exact) mass is 314 g/mol. The molecule has 0 saturated carbocycles. The van der Waals surface area contributed by atoms with Gasteiger partial charge in [-0.1, -0.05) is 0 Å². The van der Waals surface area contributed by atoms with Crippen LogP contribution in [-0.2, 0) is 9.53 Å². The molecular formula is C11H11BrN2O2S. The number of aliphatic imine (C=N–C) groups is 1. The summed E-state index contributed by atoms with van der Waals surface area (Å²) in [6, 6.07) is 1.89. The molecule has 1 aliphatic heterocycles. The first kappa shape index (κ1) is 12.3. The Kier molecular flexibility index (Phi) is 3.63. The van der Waals surface area contributed by atoms with Crippen molar-refractivity contribution in [1.29, 1.82) is 0 Å². The first-order chi connectivity index (χ1) is 8.10. The molecular weight excluding hydrogens is 304 g/mol. The molecule has 4 nitrogen and oxygen atoms in total. The van der Waals surface area contributed by atoms with E-state index in [0.29, 0.717) is 24.4 Å². The summed E-state index contributed by atoms with van der Waals surface area (Å²) in [6.45, 7) is 2.13. The number of amidine groups is 1. The smallest absolute Gasteiger partial charge is 0.334 e. The molecule has 0 saturated heterocycles. The Bertz CT molecular complexity index is 520.